The number of rotatable bonds is 5. The summed E-state index contributed by atoms with van der Waals surface area (Å²) in [6.45, 7) is 6.99. The fourth-order valence-electron chi connectivity index (χ4n) is 2.22. The summed E-state index contributed by atoms with van der Waals surface area (Å²) in [5, 5.41) is 9.17. The van der Waals surface area contributed by atoms with Gasteiger partial charge in [0.05, 0.1) is 33.6 Å². The molecular formula is C18H22F2N2O2S. The lowest BCUT2D eigenvalue weighted by Gasteiger charge is -2.33. The number of nitrogens with zero attached hydrogens (tertiary/aromatic N) is 1. The second-order valence-electron chi connectivity index (χ2n) is 6.95. The molecule has 0 saturated heterocycles. The molecule has 0 aliphatic heterocycles. The van der Waals surface area contributed by atoms with Crippen molar-refractivity contribution in [3.8, 4) is 0 Å². The third kappa shape index (κ3) is 4.29. The number of benzene rings is 1. The Bertz CT molecular complexity index is 776. The van der Waals surface area contributed by atoms with E-state index in [1.54, 1.807) is 19.1 Å². The predicted molar refractivity (Wildman–Crippen MR) is 94.0 cm³/mol. The minimum atomic E-state index is -1.48. The van der Waals surface area contributed by atoms with Crippen molar-refractivity contribution in [2.45, 2.75) is 44.6 Å². The summed E-state index contributed by atoms with van der Waals surface area (Å²) in [6.07, 6.45) is 1.50. The van der Waals surface area contributed by atoms with Crippen LogP contribution in [0.2, 0.25) is 0 Å². The van der Waals surface area contributed by atoms with Crippen LogP contribution in [0.1, 0.15) is 44.5 Å². The van der Waals surface area contributed by atoms with Crippen LogP contribution in [-0.2, 0) is 23.1 Å². The molecule has 0 amide bonds. The Kier molecular flexibility index (Phi) is 5.71. The Labute approximate surface area is 148 Å². The van der Waals surface area contributed by atoms with E-state index in [4.69, 9.17) is 0 Å². The number of aliphatic hydroxyl groups is 1. The zero-order chi connectivity index (χ0) is 18.8. The van der Waals surface area contributed by atoms with Gasteiger partial charge >= 0.3 is 0 Å². The Balaban J connectivity index is 2.56. The fraction of sp³-hybridized carbons (Fsp3) is 0.389. The Morgan fingerprint density at radius 2 is 1.80 bits per heavy atom. The highest BCUT2D eigenvalue weighted by molar-refractivity contribution is 7.84. The fourth-order valence-corrected chi connectivity index (χ4v) is 3.12. The Morgan fingerprint density at radius 1 is 1.12 bits per heavy atom. The molecule has 25 heavy (non-hydrogen) atoms. The van der Waals surface area contributed by atoms with E-state index in [0.29, 0.717) is 16.8 Å². The highest BCUT2D eigenvalue weighted by atomic mass is 32.2. The molecule has 136 valence electrons. The number of halogens is 2. The molecule has 0 fully saturated rings. The van der Waals surface area contributed by atoms with Crippen molar-refractivity contribution in [2.24, 2.45) is 0 Å². The molecule has 4 nitrogen and oxygen atoms in total. The zero-order valence-electron chi connectivity index (χ0n) is 14.6. The number of aromatic nitrogens is 1. The molecule has 0 spiro atoms. The molecule has 0 aliphatic rings. The second-order valence-corrected chi connectivity index (χ2v) is 8.91. The van der Waals surface area contributed by atoms with Crippen molar-refractivity contribution in [1.29, 1.82) is 0 Å². The average Bonchev–Trinajstić information content (AvgIpc) is 2.56. The normalized spacial score (nSPS) is 15.6. The summed E-state index contributed by atoms with van der Waals surface area (Å²) >= 11 is 0. The molecule has 0 saturated carbocycles. The number of hydrogen-bond donors (Lipinski definition) is 2. The minimum absolute atomic E-state index is 0.156. The van der Waals surface area contributed by atoms with Crippen LogP contribution in [-0.4, -0.2) is 19.0 Å². The number of aliphatic hydroxyl groups excluding tert-OH is 1. The highest BCUT2D eigenvalue weighted by Crippen LogP contribution is 2.31. The van der Waals surface area contributed by atoms with Gasteiger partial charge in [-0.3, -0.25) is 4.98 Å². The maximum atomic E-state index is 13.8. The lowest BCUT2D eigenvalue weighted by atomic mass is 9.89. The molecule has 2 N–H and O–H groups in total. The first kappa shape index (κ1) is 19.6. The van der Waals surface area contributed by atoms with Crippen LogP contribution in [0, 0.1) is 11.6 Å². The van der Waals surface area contributed by atoms with Gasteiger partial charge in [0.15, 0.2) is 11.6 Å². The number of hydrogen-bond acceptors (Lipinski definition) is 3. The van der Waals surface area contributed by atoms with Crippen molar-refractivity contribution < 1.29 is 18.1 Å². The summed E-state index contributed by atoms with van der Waals surface area (Å²) < 4.78 is 42.2. The topological polar surface area (TPSA) is 62.2 Å². The van der Waals surface area contributed by atoms with Gasteiger partial charge in [-0.15, -0.1) is 0 Å². The van der Waals surface area contributed by atoms with Crippen LogP contribution in [0.15, 0.2) is 36.5 Å². The van der Waals surface area contributed by atoms with E-state index in [1.807, 2.05) is 20.8 Å². The van der Waals surface area contributed by atoms with Gasteiger partial charge in [-0.05, 0) is 57.0 Å². The minimum Gasteiger partial charge on any atom is -0.392 e. The van der Waals surface area contributed by atoms with Crippen LogP contribution in [0.4, 0.5) is 8.78 Å². The maximum absolute atomic E-state index is 13.8. The first-order chi connectivity index (χ1) is 11.6. The lowest BCUT2D eigenvalue weighted by Crippen LogP contribution is -2.47. The van der Waals surface area contributed by atoms with Crippen LogP contribution in [0.25, 0.3) is 0 Å². The van der Waals surface area contributed by atoms with E-state index in [0.717, 1.165) is 12.1 Å². The summed E-state index contributed by atoms with van der Waals surface area (Å²) in [7, 11) is -1.48. The van der Waals surface area contributed by atoms with Crippen LogP contribution < -0.4 is 4.72 Å². The van der Waals surface area contributed by atoms with Crippen molar-refractivity contribution in [3.05, 3.63) is 65.0 Å². The quantitative estimate of drug-likeness (QED) is 0.852. The molecule has 0 unspecified atom stereocenters. The first-order valence-corrected chi connectivity index (χ1v) is 8.94. The molecule has 1 aromatic carbocycles. The first-order valence-electron chi connectivity index (χ1n) is 7.79. The summed E-state index contributed by atoms with van der Waals surface area (Å²) in [4.78, 5) is 4.31. The molecule has 0 radical (unpaired) electrons. The molecule has 1 heterocycles. The second kappa shape index (κ2) is 7.27. The molecule has 2 aromatic rings. The van der Waals surface area contributed by atoms with Crippen molar-refractivity contribution >= 4 is 11.0 Å². The van der Waals surface area contributed by atoms with Crippen LogP contribution >= 0.6 is 0 Å². The molecule has 0 aliphatic carbocycles. The van der Waals surface area contributed by atoms with Crippen LogP contribution in [0.3, 0.4) is 0 Å². The lowest BCUT2D eigenvalue weighted by molar-refractivity contribution is 0.281. The summed E-state index contributed by atoms with van der Waals surface area (Å²) in [5.41, 5.74) is 0.385. The smallest absolute Gasteiger partial charge is 0.159 e. The predicted octanol–water partition coefficient (Wildman–Crippen LogP) is 3.17. The van der Waals surface area contributed by atoms with Gasteiger partial charge in [0.1, 0.15) is 0 Å². The Hall–Kier alpha value is -1.70. The van der Waals surface area contributed by atoms with Gasteiger partial charge in [-0.1, -0.05) is 12.1 Å². The third-order valence-electron chi connectivity index (χ3n) is 3.87. The van der Waals surface area contributed by atoms with Gasteiger partial charge in [0.2, 0.25) is 0 Å². The van der Waals surface area contributed by atoms with Gasteiger partial charge in [-0.2, -0.15) is 0 Å². The standard InChI is InChI=1S/C18H22F2N2O2S/c1-17(2,3)25(24)22-18(4,13-6-7-14(19)15(20)9-13)16-8-5-12(11-23)10-21-16/h5-10,22-23H,11H2,1-4H3/t18-,25+/m1/s1. The maximum Gasteiger partial charge on any atom is 0.159 e. The van der Waals surface area contributed by atoms with Crippen molar-refractivity contribution in [1.82, 2.24) is 9.71 Å². The van der Waals surface area contributed by atoms with E-state index in [-0.39, 0.29) is 6.61 Å². The van der Waals surface area contributed by atoms with E-state index in [1.165, 1.54) is 12.3 Å². The molecule has 2 atom stereocenters. The van der Waals surface area contributed by atoms with Crippen molar-refractivity contribution in [3.63, 3.8) is 0 Å². The Morgan fingerprint density at radius 3 is 2.28 bits per heavy atom. The molecule has 2 rings (SSSR count). The number of pyridine rings is 1. The molecule has 7 heteroatoms. The van der Waals surface area contributed by atoms with Crippen LogP contribution in [0.5, 0.6) is 0 Å². The number of nitrogens with one attached hydrogen (secondary N) is 1. The van der Waals surface area contributed by atoms with Gasteiger partial charge in [0, 0.05) is 6.20 Å². The molecular weight excluding hydrogens is 346 g/mol. The largest absolute Gasteiger partial charge is 0.392 e. The van der Waals surface area contributed by atoms with E-state index < -0.39 is 32.9 Å². The molecule has 1 aromatic heterocycles. The third-order valence-corrected chi connectivity index (χ3v) is 5.58. The monoisotopic (exact) mass is 368 g/mol. The van der Waals surface area contributed by atoms with Gasteiger partial charge < -0.3 is 5.11 Å². The van der Waals surface area contributed by atoms with E-state index >= 15 is 0 Å². The van der Waals surface area contributed by atoms with E-state index in [2.05, 4.69) is 9.71 Å². The van der Waals surface area contributed by atoms with E-state index in [9.17, 15) is 18.1 Å². The van der Waals surface area contributed by atoms with Gasteiger partial charge in [0.25, 0.3) is 0 Å². The van der Waals surface area contributed by atoms with Gasteiger partial charge in [-0.25, -0.2) is 17.7 Å². The SMILES string of the molecule is CC(C)(C)[S@](=O)N[C@](C)(c1ccc(F)c(F)c1)c1ccc(CO)cn1. The summed E-state index contributed by atoms with van der Waals surface area (Å²) in [6, 6.07) is 6.89. The zero-order valence-corrected chi connectivity index (χ0v) is 15.5. The summed E-state index contributed by atoms with van der Waals surface area (Å²) in [5.74, 6) is -1.94. The average molecular weight is 368 g/mol. The molecule has 0 bridgehead atoms. The highest BCUT2D eigenvalue weighted by Gasteiger charge is 2.36. The van der Waals surface area contributed by atoms with Crippen molar-refractivity contribution in [2.75, 3.05) is 0 Å².